The van der Waals surface area contributed by atoms with E-state index >= 15 is 0 Å². The van der Waals surface area contributed by atoms with Crippen molar-refractivity contribution >= 4 is 17.5 Å². The van der Waals surface area contributed by atoms with Gasteiger partial charge in [-0.25, -0.2) is 0 Å². The van der Waals surface area contributed by atoms with Crippen molar-refractivity contribution in [2.75, 3.05) is 0 Å². The van der Waals surface area contributed by atoms with E-state index in [-0.39, 0.29) is 0 Å². The Hall–Kier alpha value is -2.52. The van der Waals surface area contributed by atoms with E-state index in [1.807, 2.05) is 37.3 Å². The average molecular weight is 339 g/mol. The maximum atomic E-state index is 11.8. The van der Waals surface area contributed by atoms with Crippen molar-refractivity contribution in [2.45, 2.75) is 20.4 Å². The topological polar surface area (TPSA) is 48.0 Å². The number of amides is 1. The molecule has 4 heteroatoms. The van der Waals surface area contributed by atoms with Gasteiger partial charge in [-0.1, -0.05) is 53.6 Å². The normalized spacial score (nSPS) is 10.8. The predicted molar refractivity (Wildman–Crippen MR) is 98.4 cm³/mol. The van der Waals surface area contributed by atoms with Crippen molar-refractivity contribution in [1.82, 2.24) is 4.57 Å². The molecule has 0 fully saturated rings. The summed E-state index contributed by atoms with van der Waals surface area (Å²) in [5, 5.41) is 0.698. The average Bonchev–Trinajstić information content (AvgIpc) is 2.86. The summed E-state index contributed by atoms with van der Waals surface area (Å²) in [7, 11) is 0. The van der Waals surface area contributed by atoms with Crippen molar-refractivity contribution in [2.24, 2.45) is 5.73 Å². The maximum absolute atomic E-state index is 11.8. The maximum Gasteiger partial charge on any atom is 0.250 e. The summed E-state index contributed by atoms with van der Waals surface area (Å²) in [5.41, 5.74) is 11.2. The number of nitrogens with two attached hydrogens (primary N) is 1. The van der Waals surface area contributed by atoms with E-state index in [1.165, 1.54) is 5.56 Å². The van der Waals surface area contributed by atoms with Crippen molar-refractivity contribution in [3.05, 3.63) is 82.0 Å². The van der Waals surface area contributed by atoms with E-state index in [4.69, 9.17) is 17.3 Å². The Labute approximate surface area is 146 Å². The summed E-state index contributed by atoms with van der Waals surface area (Å²) < 4.78 is 2.11. The molecule has 0 aliphatic rings. The number of aromatic nitrogens is 1. The van der Waals surface area contributed by atoms with E-state index in [1.54, 1.807) is 0 Å². The minimum absolute atomic E-state index is 0.411. The first-order valence-corrected chi connectivity index (χ1v) is 8.15. The largest absolute Gasteiger partial charge is 0.366 e. The number of rotatable bonds is 4. The van der Waals surface area contributed by atoms with Gasteiger partial charge in [0.05, 0.1) is 5.56 Å². The molecule has 0 aliphatic carbocycles. The zero-order valence-corrected chi connectivity index (χ0v) is 14.5. The molecule has 1 amide bonds. The van der Waals surface area contributed by atoms with Gasteiger partial charge in [0, 0.05) is 23.0 Å². The molecular weight excluding hydrogens is 320 g/mol. The molecule has 0 radical (unpaired) electrons. The van der Waals surface area contributed by atoms with Gasteiger partial charge in [0.25, 0.3) is 5.91 Å². The number of carbonyl (C=O) groups is 1. The zero-order chi connectivity index (χ0) is 17.3. The lowest BCUT2D eigenvalue weighted by molar-refractivity contribution is 0.0999. The van der Waals surface area contributed by atoms with Crippen LogP contribution in [0, 0.1) is 13.8 Å². The van der Waals surface area contributed by atoms with Crippen LogP contribution in [0.1, 0.15) is 27.2 Å². The third-order valence-corrected chi connectivity index (χ3v) is 4.44. The Kier molecular flexibility index (Phi) is 4.45. The fourth-order valence-electron chi connectivity index (χ4n) is 2.88. The van der Waals surface area contributed by atoms with Crippen LogP contribution in [0.5, 0.6) is 0 Å². The summed E-state index contributed by atoms with van der Waals surface area (Å²) in [6.45, 7) is 4.60. The fourth-order valence-corrected chi connectivity index (χ4v) is 3.09. The molecule has 3 nitrogen and oxygen atoms in total. The number of benzene rings is 2. The second-order valence-electron chi connectivity index (χ2n) is 5.98. The first-order chi connectivity index (χ1) is 11.5. The van der Waals surface area contributed by atoms with Crippen molar-refractivity contribution in [3.63, 3.8) is 0 Å². The highest BCUT2D eigenvalue weighted by Crippen LogP contribution is 2.27. The van der Waals surface area contributed by atoms with Crippen molar-refractivity contribution in [1.29, 1.82) is 0 Å². The number of nitrogens with zero attached hydrogens (tertiary/aromatic N) is 1. The predicted octanol–water partition coefficient (Wildman–Crippen LogP) is 4.57. The van der Waals surface area contributed by atoms with Gasteiger partial charge in [-0.15, -0.1) is 0 Å². The molecular formula is C20H19ClN2O. The Morgan fingerprint density at radius 1 is 1.08 bits per heavy atom. The molecule has 3 rings (SSSR count). The number of halogens is 1. The van der Waals surface area contributed by atoms with Crippen LogP contribution in [0.2, 0.25) is 5.02 Å². The second-order valence-corrected chi connectivity index (χ2v) is 6.41. The van der Waals surface area contributed by atoms with Crippen LogP contribution in [0.15, 0.2) is 54.6 Å². The first-order valence-electron chi connectivity index (χ1n) is 7.77. The molecule has 0 spiro atoms. The van der Waals surface area contributed by atoms with Gasteiger partial charge < -0.3 is 10.3 Å². The van der Waals surface area contributed by atoms with Crippen LogP contribution in [0.4, 0.5) is 0 Å². The Bertz CT molecular complexity index is 895. The van der Waals surface area contributed by atoms with Crippen LogP contribution in [-0.2, 0) is 6.54 Å². The van der Waals surface area contributed by atoms with Crippen LogP contribution in [0.25, 0.3) is 11.3 Å². The number of hydrogen-bond donors (Lipinski definition) is 1. The molecule has 0 atom stereocenters. The van der Waals surface area contributed by atoms with Crippen molar-refractivity contribution < 1.29 is 4.79 Å². The lowest BCUT2D eigenvalue weighted by Gasteiger charge is -2.13. The van der Waals surface area contributed by atoms with Crippen LogP contribution >= 0.6 is 11.6 Å². The second kappa shape index (κ2) is 6.54. The summed E-state index contributed by atoms with van der Waals surface area (Å²) in [6.07, 6.45) is 0. The van der Waals surface area contributed by atoms with Crippen LogP contribution in [0.3, 0.4) is 0 Å². The minimum Gasteiger partial charge on any atom is -0.366 e. The van der Waals surface area contributed by atoms with Gasteiger partial charge in [0.15, 0.2) is 0 Å². The van der Waals surface area contributed by atoms with E-state index in [9.17, 15) is 4.79 Å². The lowest BCUT2D eigenvalue weighted by Crippen LogP contribution is -2.12. The zero-order valence-electron chi connectivity index (χ0n) is 13.7. The minimum atomic E-state index is -0.411. The van der Waals surface area contributed by atoms with Gasteiger partial charge in [0.2, 0.25) is 0 Å². The third-order valence-electron chi connectivity index (χ3n) is 4.21. The molecule has 3 aromatic rings. The highest BCUT2D eigenvalue weighted by Gasteiger charge is 2.17. The highest BCUT2D eigenvalue weighted by atomic mass is 35.5. The quantitative estimate of drug-likeness (QED) is 0.744. The number of aryl methyl sites for hydroxylation is 1. The summed E-state index contributed by atoms with van der Waals surface area (Å²) >= 11 is 6.10. The molecule has 0 saturated heterocycles. The SMILES string of the molecule is Cc1ccc(-c2cc(C(N)=O)c(C)n2Cc2cccc(Cl)c2)cc1. The fraction of sp³-hybridized carbons (Fsp3) is 0.150. The molecule has 2 N–H and O–H groups in total. The molecule has 2 aromatic carbocycles. The highest BCUT2D eigenvalue weighted by molar-refractivity contribution is 6.30. The molecule has 1 aromatic heterocycles. The van der Waals surface area contributed by atoms with Crippen LogP contribution in [-0.4, -0.2) is 10.5 Å². The van der Waals surface area contributed by atoms with E-state index in [0.29, 0.717) is 17.1 Å². The van der Waals surface area contributed by atoms with Crippen LogP contribution < -0.4 is 5.73 Å². The van der Waals surface area contributed by atoms with Gasteiger partial charge in [-0.2, -0.15) is 0 Å². The number of hydrogen-bond acceptors (Lipinski definition) is 1. The van der Waals surface area contributed by atoms with Gasteiger partial charge >= 0.3 is 0 Å². The Morgan fingerprint density at radius 2 is 1.79 bits per heavy atom. The molecule has 1 heterocycles. The number of primary amides is 1. The smallest absolute Gasteiger partial charge is 0.250 e. The summed E-state index contributed by atoms with van der Waals surface area (Å²) in [4.78, 5) is 11.8. The molecule has 0 unspecified atom stereocenters. The first kappa shape index (κ1) is 16.3. The molecule has 0 bridgehead atoms. The van der Waals surface area contributed by atoms with E-state index < -0.39 is 5.91 Å². The number of carbonyl (C=O) groups excluding carboxylic acids is 1. The lowest BCUT2D eigenvalue weighted by atomic mass is 10.1. The van der Waals surface area contributed by atoms with Gasteiger partial charge in [-0.05, 0) is 43.2 Å². The molecule has 122 valence electrons. The Balaban J connectivity index is 2.12. The third kappa shape index (κ3) is 3.22. The van der Waals surface area contributed by atoms with Crippen molar-refractivity contribution in [3.8, 4) is 11.3 Å². The standard InChI is InChI=1S/C20H19ClN2O/c1-13-6-8-16(9-7-13)19-11-18(20(22)24)14(2)23(19)12-15-4-3-5-17(21)10-15/h3-11H,12H2,1-2H3,(H2,22,24). The monoisotopic (exact) mass is 338 g/mol. The van der Waals surface area contributed by atoms with E-state index in [2.05, 4.69) is 35.8 Å². The summed E-state index contributed by atoms with van der Waals surface area (Å²) in [5.74, 6) is -0.411. The van der Waals surface area contributed by atoms with E-state index in [0.717, 1.165) is 22.5 Å². The summed E-state index contributed by atoms with van der Waals surface area (Å²) in [6, 6.07) is 17.8. The molecule has 24 heavy (non-hydrogen) atoms. The van der Waals surface area contributed by atoms with Gasteiger partial charge in [-0.3, -0.25) is 4.79 Å². The van der Waals surface area contributed by atoms with Gasteiger partial charge in [0.1, 0.15) is 0 Å². The molecule has 0 saturated carbocycles. The Morgan fingerprint density at radius 3 is 2.42 bits per heavy atom. The molecule has 0 aliphatic heterocycles.